The fourth-order valence-corrected chi connectivity index (χ4v) is 2.64. The largest absolute Gasteiger partial charge is 0.395 e. The van der Waals surface area contributed by atoms with Crippen molar-refractivity contribution in [1.82, 2.24) is 10.2 Å². The van der Waals surface area contributed by atoms with Crippen LogP contribution in [0.15, 0.2) is 0 Å². The molecule has 4 nitrogen and oxygen atoms in total. The van der Waals surface area contributed by atoms with Crippen LogP contribution in [0, 0.1) is 0 Å². The van der Waals surface area contributed by atoms with Crippen molar-refractivity contribution in [3.63, 3.8) is 0 Å². The van der Waals surface area contributed by atoms with E-state index in [4.69, 9.17) is 4.74 Å². The summed E-state index contributed by atoms with van der Waals surface area (Å²) in [5, 5.41) is 12.8. The molecular weight excluding hydrogens is 192 g/mol. The van der Waals surface area contributed by atoms with E-state index in [-0.39, 0.29) is 12.6 Å². The van der Waals surface area contributed by atoms with Gasteiger partial charge in [0.2, 0.25) is 0 Å². The zero-order valence-corrected chi connectivity index (χ0v) is 9.32. The molecule has 4 heteroatoms. The van der Waals surface area contributed by atoms with Crippen molar-refractivity contribution in [2.24, 2.45) is 0 Å². The summed E-state index contributed by atoms with van der Waals surface area (Å²) in [7, 11) is 0. The van der Waals surface area contributed by atoms with Crippen molar-refractivity contribution in [2.75, 3.05) is 39.5 Å². The maximum Gasteiger partial charge on any atom is 0.0644 e. The van der Waals surface area contributed by atoms with Crippen LogP contribution in [0.3, 0.4) is 0 Å². The predicted molar refractivity (Wildman–Crippen MR) is 58.9 cm³/mol. The van der Waals surface area contributed by atoms with Gasteiger partial charge in [-0.3, -0.25) is 4.90 Å². The molecule has 2 saturated heterocycles. The molecule has 0 aliphatic carbocycles. The molecule has 0 spiro atoms. The van der Waals surface area contributed by atoms with Crippen molar-refractivity contribution in [3.05, 3.63) is 0 Å². The van der Waals surface area contributed by atoms with Gasteiger partial charge in [0.25, 0.3) is 0 Å². The van der Waals surface area contributed by atoms with Crippen LogP contribution >= 0.6 is 0 Å². The Morgan fingerprint density at radius 2 is 2.27 bits per heavy atom. The molecule has 2 atom stereocenters. The van der Waals surface area contributed by atoms with Crippen LogP contribution in [0.25, 0.3) is 0 Å². The Morgan fingerprint density at radius 1 is 1.33 bits per heavy atom. The first-order valence-corrected chi connectivity index (χ1v) is 6.07. The van der Waals surface area contributed by atoms with Crippen molar-refractivity contribution >= 4 is 0 Å². The fraction of sp³-hybridized carbons (Fsp3) is 1.00. The van der Waals surface area contributed by atoms with Gasteiger partial charge in [0.15, 0.2) is 0 Å². The lowest BCUT2D eigenvalue weighted by molar-refractivity contribution is -0.0491. The second-order valence-corrected chi connectivity index (χ2v) is 4.48. The monoisotopic (exact) mass is 214 g/mol. The Bertz CT molecular complexity index is 181. The average molecular weight is 214 g/mol. The molecule has 15 heavy (non-hydrogen) atoms. The molecule has 0 aromatic carbocycles. The molecule has 0 aromatic rings. The first-order valence-electron chi connectivity index (χ1n) is 6.07. The molecule has 0 aromatic heterocycles. The summed E-state index contributed by atoms with van der Waals surface area (Å²) in [5.41, 5.74) is 0. The second kappa shape index (κ2) is 5.80. The summed E-state index contributed by atoms with van der Waals surface area (Å²) < 4.78 is 5.41. The number of rotatable bonds is 2. The van der Waals surface area contributed by atoms with Gasteiger partial charge in [-0.05, 0) is 32.4 Å². The number of nitrogens with zero attached hydrogens (tertiary/aromatic N) is 1. The minimum atomic E-state index is 0.224. The van der Waals surface area contributed by atoms with E-state index in [1.54, 1.807) is 0 Å². The Balaban J connectivity index is 1.92. The lowest BCUT2D eigenvalue weighted by Gasteiger charge is -2.40. The van der Waals surface area contributed by atoms with Crippen molar-refractivity contribution in [2.45, 2.75) is 31.3 Å². The van der Waals surface area contributed by atoms with Crippen LogP contribution in [0.2, 0.25) is 0 Å². The molecule has 2 aliphatic heterocycles. The summed E-state index contributed by atoms with van der Waals surface area (Å²) in [4.78, 5) is 2.45. The molecule has 2 unspecified atom stereocenters. The van der Waals surface area contributed by atoms with E-state index in [1.807, 2.05) is 0 Å². The highest BCUT2D eigenvalue weighted by Crippen LogP contribution is 2.18. The Morgan fingerprint density at radius 3 is 3.13 bits per heavy atom. The number of aliphatic hydroxyl groups is 1. The third-order valence-corrected chi connectivity index (χ3v) is 3.50. The number of ether oxygens (including phenoxy) is 1. The average Bonchev–Trinajstić information content (AvgIpc) is 2.57. The van der Waals surface area contributed by atoms with Crippen molar-refractivity contribution in [3.8, 4) is 0 Å². The van der Waals surface area contributed by atoms with E-state index in [2.05, 4.69) is 10.2 Å². The molecule has 0 saturated carbocycles. The van der Waals surface area contributed by atoms with Crippen LogP contribution in [0.4, 0.5) is 0 Å². The quantitative estimate of drug-likeness (QED) is 0.669. The van der Waals surface area contributed by atoms with E-state index in [1.165, 1.54) is 19.3 Å². The van der Waals surface area contributed by atoms with E-state index in [9.17, 15) is 5.11 Å². The van der Waals surface area contributed by atoms with Crippen LogP contribution in [-0.2, 0) is 4.74 Å². The highest BCUT2D eigenvalue weighted by atomic mass is 16.5. The third-order valence-electron chi connectivity index (χ3n) is 3.50. The van der Waals surface area contributed by atoms with Crippen LogP contribution in [0.5, 0.6) is 0 Å². The molecule has 0 bridgehead atoms. The summed E-state index contributed by atoms with van der Waals surface area (Å²) in [6.45, 7) is 4.98. The van der Waals surface area contributed by atoms with Gasteiger partial charge in [-0.2, -0.15) is 0 Å². The Labute approximate surface area is 91.6 Å². The topological polar surface area (TPSA) is 44.7 Å². The molecular formula is C11H22N2O2. The number of hydrogen-bond donors (Lipinski definition) is 2. The zero-order valence-electron chi connectivity index (χ0n) is 9.32. The van der Waals surface area contributed by atoms with Crippen LogP contribution in [-0.4, -0.2) is 61.5 Å². The molecule has 0 amide bonds. The van der Waals surface area contributed by atoms with Crippen molar-refractivity contribution < 1.29 is 9.84 Å². The molecule has 0 radical (unpaired) electrons. The van der Waals surface area contributed by atoms with E-state index in [0.29, 0.717) is 12.6 Å². The molecule has 88 valence electrons. The van der Waals surface area contributed by atoms with Crippen LogP contribution in [0.1, 0.15) is 19.3 Å². The van der Waals surface area contributed by atoms with Gasteiger partial charge in [-0.1, -0.05) is 0 Å². The third kappa shape index (κ3) is 2.91. The maximum atomic E-state index is 9.33. The van der Waals surface area contributed by atoms with Gasteiger partial charge in [-0.15, -0.1) is 0 Å². The zero-order chi connectivity index (χ0) is 10.5. The summed E-state index contributed by atoms with van der Waals surface area (Å²) in [5.74, 6) is 0. The van der Waals surface area contributed by atoms with Crippen LogP contribution < -0.4 is 5.32 Å². The van der Waals surface area contributed by atoms with E-state index < -0.39 is 0 Å². The van der Waals surface area contributed by atoms with Crippen molar-refractivity contribution in [1.29, 1.82) is 0 Å². The molecule has 2 N–H and O–H groups in total. The second-order valence-electron chi connectivity index (χ2n) is 4.48. The first-order chi connectivity index (χ1) is 7.42. The normalized spacial score (nSPS) is 35.0. The van der Waals surface area contributed by atoms with E-state index in [0.717, 1.165) is 26.2 Å². The molecule has 2 heterocycles. The molecule has 2 aliphatic rings. The van der Waals surface area contributed by atoms with Gasteiger partial charge in [-0.25, -0.2) is 0 Å². The SMILES string of the molecule is OCC1COCCN1C1CCCNCC1. The minimum Gasteiger partial charge on any atom is -0.395 e. The van der Waals surface area contributed by atoms with Gasteiger partial charge >= 0.3 is 0 Å². The number of morpholine rings is 1. The minimum absolute atomic E-state index is 0.224. The summed E-state index contributed by atoms with van der Waals surface area (Å²) >= 11 is 0. The molecule has 2 rings (SSSR count). The maximum absolute atomic E-state index is 9.33. The predicted octanol–water partition coefficient (Wildman–Crippen LogP) is -0.178. The number of nitrogens with one attached hydrogen (secondary N) is 1. The van der Waals surface area contributed by atoms with Gasteiger partial charge in [0.05, 0.1) is 25.9 Å². The first kappa shape index (κ1) is 11.3. The lowest BCUT2D eigenvalue weighted by Crippen LogP contribution is -2.52. The van der Waals surface area contributed by atoms with E-state index >= 15 is 0 Å². The molecule has 2 fully saturated rings. The summed E-state index contributed by atoms with van der Waals surface area (Å²) in [6.07, 6.45) is 3.71. The number of aliphatic hydroxyl groups excluding tert-OH is 1. The van der Waals surface area contributed by atoms with Gasteiger partial charge in [0, 0.05) is 12.6 Å². The smallest absolute Gasteiger partial charge is 0.0644 e. The van der Waals surface area contributed by atoms with Gasteiger partial charge < -0.3 is 15.2 Å². The highest BCUT2D eigenvalue weighted by molar-refractivity contribution is 4.83. The Kier molecular flexibility index (Phi) is 4.38. The standard InChI is InChI=1S/C11H22N2O2/c14-8-11-9-15-7-6-13(11)10-2-1-4-12-5-3-10/h10-12,14H,1-9H2. The number of hydrogen-bond acceptors (Lipinski definition) is 4. The lowest BCUT2D eigenvalue weighted by atomic mass is 10.0. The fourth-order valence-electron chi connectivity index (χ4n) is 2.64. The highest BCUT2D eigenvalue weighted by Gasteiger charge is 2.28. The summed E-state index contributed by atoms with van der Waals surface area (Å²) in [6, 6.07) is 0.864. The Hall–Kier alpha value is -0.160. The van der Waals surface area contributed by atoms with Gasteiger partial charge in [0.1, 0.15) is 0 Å².